The number of aromatic nitrogens is 2. The number of pyridine rings is 1. The van der Waals surface area contributed by atoms with E-state index >= 15 is 0 Å². The van der Waals surface area contributed by atoms with E-state index in [-0.39, 0.29) is 17.8 Å². The van der Waals surface area contributed by atoms with Gasteiger partial charge in [0.1, 0.15) is 17.3 Å². The van der Waals surface area contributed by atoms with E-state index in [1.54, 1.807) is 24.3 Å². The molecule has 6 rings (SSSR count). The van der Waals surface area contributed by atoms with Gasteiger partial charge >= 0.3 is 6.03 Å². The highest BCUT2D eigenvalue weighted by Crippen LogP contribution is 2.41. The Labute approximate surface area is 257 Å². The molecule has 5 aromatic rings. The van der Waals surface area contributed by atoms with E-state index in [2.05, 4.69) is 20.9 Å². The Bertz CT molecular complexity index is 1940. The fourth-order valence-electron chi connectivity index (χ4n) is 5.34. The van der Waals surface area contributed by atoms with Crippen molar-refractivity contribution in [1.29, 1.82) is 0 Å². The summed E-state index contributed by atoms with van der Waals surface area (Å²) in [5, 5.41) is 12.3. The molecule has 11 nitrogen and oxygen atoms in total. The summed E-state index contributed by atoms with van der Waals surface area (Å²) in [7, 11) is 3.42. The Balaban J connectivity index is 1.20. The Morgan fingerprint density at radius 3 is 2.82 bits per heavy atom. The van der Waals surface area contributed by atoms with Gasteiger partial charge < -0.3 is 35.9 Å². The summed E-state index contributed by atoms with van der Waals surface area (Å²) in [5.74, 6) is 0.358. The van der Waals surface area contributed by atoms with Gasteiger partial charge in [-0.3, -0.25) is 9.59 Å². The first-order valence-electron chi connectivity index (χ1n) is 14.0. The average Bonchev–Trinajstić information content (AvgIpc) is 3.75. The van der Waals surface area contributed by atoms with Crippen molar-refractivity contribution in [2.75, 3.05) is 44.3 Å². The molecule has 4 amide bonds. The lowest BCUT2D eigenvalue weighted by Gasteiger charge is -2.13. The van der Waals surface area contributed by atoms with Crippen LogP contribution in [0.3, 0.4) is 0 Å². The molecule has 1 fully saturated rings. The number of methoxy groups -OCH3 is 1. The molecule has 4 heterocycles. The normalized spacial score (nSPS) is 13.1. The number of nitrogens with two attached hydrogens (primary N) is 1. The molecule has 5 N–H and O–H groups in total. The summed E-state index contributed by atoms with van der Waals surface area (Å²) in [6.07, 6.45) is 4.80. The van der Waals surface area contributed by atoms with Gasteiger partial charge in [0.05, 0.1) is 12.8 Å². The maximum atomic E-state index is 13.2. The van der Waals surface area contributed by atoms with Gasteiger partial charge in [0.15, 0.2) is 0 Å². The summed E-state index contributed by atoms with van der Waals surface area (Å²) >= 11 is 1.50. The van der Waals surface area contributed by atoms with Crippen molar-refractivity contribution in [3.63, 3.8) is 0 Å². The number of hydrogen-bond acceptors (Lipinski definition) is 7. The maximum absolute atomic E-state index is 13.2. The van der Waals surface area contributed by atoms with E-state index in [0.717, 1.165) is 37.7 Å². The first kappa shape index (κ1) is 28.7. The number of fused-ring (bicyclic) bond motifs is 2. The first-order chi connectivity index (χ1) is 21.3. The summed E-state index contributed by atoms with van der Waals surface area (Å²) in [4.78, 5) is 43.3. The van der Waals surface area contributed by atoms with E-state index in [4.69, 9.17) is 10.5 Å². The second-order valence-corrected chi connectivity index (χ2v) is 11.2. The van der Waals surface area contributed by atoms with E-state index in [0.29, 0.717) is 49.1 Å². The highest BCUT2D eigenvalue weighted by Gasteiger charge is 2.20. The lowest BCUT2D eigenvalue weighted by Crippen LogP contribution is -2.36. The Kier molecular flexibility index (Phi) is 7.90. The van der Waals surface area contributed by atoms with Crippen molar-refractivity contribution < 1.29 is 19.1 Å². The Morgan fingerprint density at radius 2 is 2.05 bits per heavy atom. The average molecular weight is 610 g/mol. The number of thiophene rings is 1. The number of rotatable bonds is 9. The number of amides is 4. The summed E-state index contributed by atoms with van der Waals surface area (Å²) in [6, 6.07) is 15.1. The molecule has 224 valence electrons. The minimum Gasteiger partial charge on any atom is -0.495 e. The molecule has 0 atom stereocenters. The first-order valence-corrected chi connectivity index (χ1v) is 14.9. The molecular weight excluding hydrogens is 578 g/mol. The van der Waals surface area contributed by atoms with Crippen molar-refractivity contribution in [3.8, 4) is 16.9 Å². The summed E-state index contributed by atoms with van der Waals surface area (Å²) < 4.78 is 8.42. The van der Waals surface area contributed by atoms with Gasteiger partial charge in [-0.25, -0.2) is 9.78 Å². The van der Waals surface area contributed by atoms with Crippen molar-refractivity contribution in [3.05, 3.63) is 77.4 Å². The van der Waals surface area contributed by atoms with Crippen LogP contribution in [0.2, 0.25) is 0 Å². The molecule has 0 unspecified atom stereocenters. The van der Waals surface area contributed by atoms with Crippen LogP contribution >= 0.6 is 11.3 Å². The molecule has 12 heteroatoms. The van der Waals surface area contributed by atoms with E-state index < -0.39 is 0 Å². The fraction of sp³-hybridized carbons (Fsp3) is 0.188. The van der Waals surface area contributed by atoms with Gasteiger partial charge in [-0.1, -0.05) is 24.3 Å². The van der Waals surface area contributed by atoms with Crippen molar-refractivity contribution >= 4 is 67.8 Å². The van der Waals surface area contributed by atoms with Crippen molar-refractivity contribution in [1.82, 2.24) is 25.1 Å². The standard InChI is InChI=1S/C32H31N7O4S/c1-38-24-6-4-3-5-20(24)15-25(38)31(41)37-23-9-7-19(16-26(23)43-2)22-18-44-29-21(17-36-30(33)28(22)29)8-10-27(40)34-11-13-39-14-12-35-32(39)42/h3-10,15-18H,11-14H2,1-2H3,(H2,33,36)(H,34,40)(H,35,42)(H,37,41). The van der Waals surface area contributed by atoms with Crippen LogP contribution in [0.1, 0.15) is 16.1 Å². The van der Waals surface area contributed by atoms with Crippen LogP contribution in [0, 0.1) is 0 Å². The second kappa shape index (κ2) is 12.1. The van der Waals surface area contributed by atoms with Gasteiger partial charge in [-0.15, -0.1) is 11.3 Å². The van der Waals surface area contributed by atoms with Crippen LogP contribution in [0.4, 0.5) is 16.3 Å². The molecule has 1 aliphatic rings. The number of ether oxygens (including phenoxy) is 1. The van der Waals surface area contributed by atoms with Gasteiger partial charge in [0, 0.05) is 77.6 Å². The van der Waals surface area contributed by atoms with Crippen LogP contribution in [-0.2, 0) is 11.8 Å². The number of nitrogen functional groups attached to an aromatic ring is 1. The highest BCUT2D eigenvalue weighted by atomic mass is 32.1. The predicted octanol–water partition coefficient (Wildman–Crippen LogP) is 4.45. The number of nitrogens with one attached hydrogen (secondary N) is 3. The molecule has 0 saturated carbocycles. The van der Waals surface area contributed by atoms with Crippen LogP contribution in [0.5, 0.6) is 5.75 Å². The number of nitrogens with zero attached hydrogens (tertiary/aromatic N) is 3. The number of hydrogen-bond donors (Lipinski definition) is 4. The lowest BCUT2D eigenvalue weighted by molar-refractivity contribution is -0.116. The third-order valence-corrected chi connectivity index (χ3v) is 8.67. The highest BCUT2D eigenvalue weighted by molar-refractivity contribution is 7.18. The summed E-state index contributed by atoms with van der Waals surface area (Å²) in [5.41, 5.74) is 10.8. The number of carbonyl (C=O) groups is 3. The number of aryl methyl sites for hydroxylation is 1. The van der Waals surface area contributed by atoms with E-state index in [9.17, 15) is 14.4 Å². The molecule has 3 aromatic heterocycles. The molecule has 44 heavy (non-hydrogen) atoms. The van der Waals surface area contributed by atoms with Crippen LogP contribution in [-0.4, -0.2) is 65.6 Å². The smallest absolute Gasteiger partial charge is 0.317 e. The largest absolute Gasteiger partial charge is 0.495 e. The third kappa shape index (κ3) is 5.54. The zero-order valence-electron chi connectivity index (χ0n) is 24.2. The van der Waals surface area contributed by atoms with Gasteiger partial charge in [-0.2, -0.15) is 0 Å². The Morgan fingerprint density at radius 1 is 1.20 bits per heavy atom. The lowest BCUT2D eigenvalue weighted by atomic mass is 10.0. The van der Waals surface area contributed by atoms with Crippen molar-refractivity contribution in [2.24, 2.45) is 7.05 Å². The maximum Gasteiger partial charge on any atom is 0.317 e. The minimum atomic E-state index is -0.267. The molecule has 1 saturated heterocycles. The number of benzene rings is 2. The van der Waals surface area contributed by atoms with Crippen LogP contribution in [0.15, 0.2) is 66.2 Å². The number of carbonyl (C=O) groups excluding carboxylic acids is 3. The predicted molar refractivity (Wildman–Crippen MR) is 174 cm³/mol. The fourth-order valence-corrected chi connectivity index (χ4v) is 6.41. The number of para-hydroxylation sites is 1. The van der Waals surface area contributed by atoms with Gasteiger partial charge in [0.25, 0.3) is 5.91 Å². The quantitative estimate of drug-likeness (QED) is 0.182. The Hall–Kier alpha value is -5.36. The van der Waals surface area contributed by atoms with Gasteiger partial charge in [-0.05, 0) is 41.3 Å². The molecule has 0 radical (unpaired) electrons. The molecule has 0 spiro atoms. The molecule has 0 bridgehead atoms. The zero-order chi connectivity index (χ0) is 30.8. The topological polar surface area (TPSA) is 144 Å². The number of urea groups is 1. The molecule has 2 aromatic carbocycles. The van der Waals surface area contributed by atoms with E-state index in [1.165, 1.54) is 17.4 Å². The van der Waals surface area contributed by atoms with Crippen LogP contribution in [0.25, 0.3) is 38.2 Å². The minimum absolute atomic E-state index is 0.114. The van der Waals surface area contributed by atoms with Crippen LogP contribution < -0.4 is 26.4 Å². The molecule has 1 aliphatic heterocycles. The monoisotopic (exact) mass is 609 g/mol. The third-order valence-electron chi connectivity index (χ3n) is 7.64. The zero-order valence-corrected chi connectivity index (χ0v) is 25.0. The molecule has 0 aliphatic carbocycles. The van der Waals surface area contributed by atoms with Crippen molar-refractivity contribution in [2.45, 2.75) is 0 Å². The van der Waals surface area contributed by atoms with E-state index in [1.807, 2.05) is 65.5 Å². The summed E-state index contributed by atoms with van der Waals surface area (Å²) in [6.45, 7) is 2.06. The van der Waals surface area contributed by atoms with Gasteiger partial charge in [0.2, 0.25) is 5.91 Å². The number of anilines is 2. The molecular formula is C32H31N7O4S. The SMILES string of the molecule is COc1cc(-c2csc3c(C=CC(=O)NCCN4CCNC4=O)cnc(N)c23)ccc1NC(=O)c1cc2ccccc2n1C. The second-order valence-electron chi connectivity index (χ2n) is 10.3.